The van der Waals surface area contributed by atoms with Gasteiger partial charge >= 0.3 is 12.1 Å². The molecule has 3 aromatic rings. The van der Waals surface area contributed by atoms with Crippen LogP contribution in [0.4, 0.5) is 28.9 Å². The van der Waals surface area contributed by atoms with Crippen LogP contribution in [0.15, 0.2) is 36.4 Å². The topological polar surface area (TPSA) is 56.1 Å². The Hall–Kier alpha value is -3.10. The van der Waals surface area contributed by atoms with Crippen molar-refractivity contribution in [1.29, 1.82) is 0 Å². The molecule has 0 fully saturated rings. The summed E-state index contributed by atoms with van der Waals surface area (Å²) in [5.74, 6) is -3.23. The van der Waals surface area contributed by atoms with Gasteiger partial charge in [-0.05, 0) is 18.2 Å². The van der Waals surface area contributed by atoms with Crippen LogP contribution in [0.5, 0.6) is 0 Å². The smallest absolute Gasteiger partial charge is 0.449 e. The van der Waals surface area contributed by atoms with E-state index in [9.17, 15) is 22.4 Å². The maximum atomic E-state index is 15.0. The van der Waals surface area contributed by atoms with Crippen LogP contribution in [0, 0.1) is 5.82 Å². The Kier molecular flexibility index (Phi) is 4.31. The fourth-order valence-electron chi connectivity index (χ4n) is 2.60. The van der Waals surface area contributed by atoms with E-state index in [2.05, 4.69) is 15.0 Å². The van der Waals surface area contributed by atoms with E-state index in [1.54, 1.807) is 30.3 Å². The molecule has 0 radical (unpaired) electrons. The molecule has 1 heterocycles. The number of rotatable bonds is 3. The highest BCUT2D eigenvalue weighted by molar-refractivity contribution is 6.01. The van der Waals surface area contributed by atoms with E-state index in [4.69, 9.17) is 0 Å². The lowest BCUT2D eigenvalue weighted by atomic mass is 10.1. The molecule has 26 heavy (non-hydrogen) atoms. The van der Waals surface area contributed by atoms with Gasteiger partial charge in [0, 0.05) is 12.7 Å². The number of halogens is 4. The number of benzene rings is 2. The molecule has 0 spiro atoms. The Morgan fingerprint density at radius 3 is 2.46 bits per heavy atom. The molecule has 0 amide bonds. The molecule has 136 valence electrons. The Morgan fingerprint density at radius 1 is 1.23 bits per heavy atom. The van der Waals surface area contributed by atoms with Crippen molar-refractivity contribution in [2.45, 2.75) is 6.18 Å². The number of aryl methyl sites for hydroxylation is 1. The fourth-order valence-corrected chi connectivity index (χ4v) is 2.60. The molecule has 0 aliphatic carbocycles. The number of anilines is 2. The zero-order valence-electron chi connectivity index (χ0n) is 13.7. The molecule has 0 bridgehead atoms. The van der Waals surface area contributed by atoms with Gasteiger partial charge < -0.3 is 14.6 Å². The average molecular weight is 367 g/mol. The summed E-state index contributed by atoms with van der Waals surface area (Å²) in [4.78, 5) is 15.4. The van der Waals surface area contributed by atoms with E-state index < -0.39 is 29.3 Å². The monoisotopic (exact) mass is 367 g/mol. The Bertz CT molecular complexity index is 981. The number of hydrogen-bond donors (Lipinski definition) is 1. The quantitative estimate of drug-likeness (QED) is 0.555. The van der Waals surface area contributed by atoms with E-state index >= 15 is 0 Å². The maximum Gasteiger partial charge on any atom is 0.449 e. The predicted molar refractivity (Wildman–Crippen MR) is 86.7 cm³/mol. The molecule has 0 saturated heterocycles. The number of aromatic nitrogens is 2. The molecule has 0 aliphatic rings. The summed E-state index contributed by atoms with van der Waals surface area (Å²) in [6.45, 7) is 0. The highest BCUT2D eigenvalue weighted by Crippen LogP contribution is 2.35. The maximum absolute atomic E-state index is 15.0. The van der Waals surface area contributed by atoms with Crippen molar-refractivity contribution in [3.8, 4) is 0 Å². The summed E-state index contributed by atoms with van der Waals surface area (Å²) >= 11 is 0. The average Bonchev–Trinajstić information content (AvgIpc) is 2.95. The van der Waals surface area contributed by atoms with Crippen LogP contribution in [-0.2, 0) is 18.0 Å². The minimum atomic E-state index is -4.77. The van der Waals surface area contributed by atoms with E-state index in [1.165, 1.54) is 0 Å². The number of carbonyl (C=O) groups excluding carboxylic acids is 1. The number of carbonyl (C=O) groups is 1. The largest absolute Gasteiger partial charge is 0.465 e. The summed E-state index contributed by atoms with van der Waals surface area (Å²) in [6, 6.07) is 9.45. The van der Waals surface area contributed by atoms with Gasteiger partial charge in [0.2, 0.25) is 5.82 Å². The minimum absolute atomic E-state index is 0.172. The third-order valence-corrected chi connectivity index (χ3v) is 3.82. The molecular weight excluding hydrogens is 354 g/mol. The molecule has 0 saturated carbocycles. The fraction of sp³-hybridized carbons (Fsp3) is 0.176. The molecule has 0 atom stereocenters. The van der Waals surface area contributed by atoms with Crippen molar-refractivity contribution >= 4 is 28.4 Å². The normalized spacial score (nSPS) is 11.6. The van der Waals surface area contributed by atoms with Gasteiger partial charge in [-0.15, -0.1) is 0 Å². The zero-order valence-corrected chi connectivity index (χ0v) is 13.7. The van der Waals surface area contributed by atoms with Gasteiger partial charge in [-0.25, -0.2) is 14.2 Å². The highest BCUT2D eigenvalue weighted by atomic mass is 19.4. The minimum Gasteiger partial charge on any atom is -0.465 e. The number of alkyl halides is 3. The van der Waals surface area contributed by atoms with Crippen LogP contribution in [0.25, 0.3) is 11.0 Å². The summed E-state index contributed by atoms with van der Waals surface area (Å²) in [5.41, 5.74) is -0.761. The van der Waals surface area contributed by atoms with Crippen LogP contribution in [0.3, 0.4) is 0 Å². The molecule has 0 aliphatic heterocycles. The molecule has 3 rings (SSSR count). The molecular formula is C17H13F4N3O2. The van der Waals surface area contributed by atoms with Crippen LogP contribution in [0.1, 0.15) is 16.2 Å². The number of imidazole rings is 1. The van der Waals surface area contributed by atoms with Gasteiger partial charge in [0.1, 0.15) is 5.52 Å². The van der Waals surface area contributed by atoms with Crippen molar-refractivity contribution in [2.75, 3.05) is 12.4 Å². The molecule has 2 aromatic carbocycles. The zero-order chi connectivity index (χ0) is 19.1. The Morgan fingerprint density at radius 2 is 1.88 bits per heavy atom. The molecule has 1 aromatic heterocycles. The van der Waals surface area contributed by atoms with Crippen molar-refractivity contribution in [2.24, 2.45) is 7.05 Å². The number of methoxy groups -OCH3 is 1. The van der Waals surface area contributed by atoms with Crippen molar-refractivity contribution in [1.82, 2.24) is 9.55 Å². The molecule has 9 heteroatoms. The first-order chi connectivity index (χ1) is 12.2. The summed E-state index contributed by atoms with van der Waals surface area (Å²) < 4.78 is 59.5. The number of ether oxygens (including phenoxy) is 1. The second kappa shape index (κ2) is 6.32. The number of nitrogens with one attached hydrogen (secondary N) is 1. The first kappa shape index (κ1) is 17.7. The van der Waals surface area contributed by atoms with Crippen LogP contribution in [-0.4, -0.2) is 22.6 Å². The number of esters is 1. The predicted octanol–water partition coefficient (Wildman–Crippen LogP) is 4.26. The van der Waals surface area contributed by atoms with E-state index in [1.807, 2.05) is 0 Å². The van der Waals surface area contributed by atoms with Gasteiger partial charge in [-0.2, -0.15) is 13.2 Å². The van der Waals surface area contributed by atoms with Crippen LogP contribution < -0.4 is 5.32 Å². The second-order valence-electron chi connectivity index (χ2n) is 5.46. The molecule has 5 nitrogen and oxygen atoms in total. The van der Waals surface area contributed by atoms with E-state index in [0.29, 0.717) is 10.3 Å². The van der Waals surface area contributed by atoms with Gasteiger partial charge in [0.15, 0.2) is 5.82 Å². The van der Waals surface area contributed by atoms with Gasteiger partial charge in [0.25, 0.3) is 0 Å². The Balaban J connectivity index is 2.28. The highest BCUT2D eigenvalue weighted by Gasteiger charge is 2.38. The third kappa shape index (κ3) is 2.96. The van der Waals surface area contributed by atoms with Gasteiger partial charge in [0.05, 0.1) is 23.9 Å². The summed E-state index contributed by atoms with van der Waals surface area (Å²) in [7, 11) is 2.20. The summed E-state index contributed by atoms with van der Waals surface area (Å²) in [6.07, 6.45) is -4.77. The van der Waals surface area contributed by atoms with Crippen molar-refractivity contribution < 1.29 is 27.1 Å². The first-order valence-corrected chi connectivity index (χ1v) is 7.40. The number of fused-ring (bicyclic) bond motifs is 1. The third-order valence-electron chi connectivity index (χ3n) is 3.82. The molecule has 1 N–H and O–H groups in total. The van der Waals surface area contributed by atoms with Gasteiger partial charge in [-0.1, -0.05) is 18.2 Å². The van der Waals surface area contributed by atoms with Gasteiger partial charge in [-0.3, -0.25) is 0 Å². The van der Waals surface area contributed by atoms with Crippen LogP contribution >= 0.6 is 0 Å². The standard InChI is InChI=1S/C17H13F4N3O2/c1-24-11-8-10(15(25)26-2)13(22-9-6-4-3-5-7-9)12(18)14(11)23-16(24)17(19,20)21/h3-8,22H,1-2H3. The first-order valence-electron chi connectivity index (χ1n) is 7.40. The lowest BCUT2D eigenvalue weighted by Crippen LogP contribution is -2.12. The Labute approximate surface area is 145 Å². The van der Waals surface area contributed by atoms with E-state index in [0.717, 1.165) is 20.2 Å². The van der Waals surface area contributed by atoms with Crippen molar-refractivity contribution in [3.63, 3.8) is 0 Å². The van der Waals surface area contributed by atoms with Crippen molar-refractivity contribution in [3.05, 3.63) is 53.6 Å². The number of hydrogen-bond acceptors (Lipinski definition) is 4. The SMILES string of the molecule is COC(=O)c1cc2c(nc(C(F)(F)F)n2C)c(F)c1Nc1ccccc1. The number of nitrogens with zero attached hydrogens (tertiary/aromatic N) is 2. The van der Waals surface area contributed by atoms with E-state index in [-0.39, 0.29) is 16.8 Å². The number of para-hydroxylation sites is 1. The van der Waals surface area contributed by atoms with Crippen LogP contribution in [0.2, 0.25) is 0 Å². The summed E-state index contributed by atoms with van der Waals surface area (Å²) in [5, 5.41) is 2.71. The second-order valence-corrected chi connectivity index (χ2v) is 5.46. The molecule has 0 unspecified atom stereocenters. The lowest BCUT2D eigenvalue weighted by Gasteiger charge is -2.13. The lowest BCUT2D eigenvalue weighted by molar-refractivity contribution is -0.146.